The molecule has 0 spiro atoms. The monoisotopic (exact) mass is 274 g/mol. The second kappa shape index (κ2) is 5.96. The highest BCUT2D eigenvalue weighted by molar-refractivity contribution is 5.78. The Labute approximate surface area is 122 Å². The molecule has 1 N–H and O–H groups in total. The fraction of sp³-hybridized carbons (Fsp3) is 0.588. The molecule has 110 valence electrons. The summed E-state index contributed by atoms with van der Waals surface area (Å²) in [6.45, 7) is 7.68. The van der Waals surface area contributed by atoms with Gasteiger partial charge in [-0.05, 0) is 44.7 Å². The second-order valence-corrected chi connectivity index (χ2v) is 6.51. The van der Waals surface area contributed by atoms with Crippen LogP contribution in [0.5, 0.6) is 0 Å². The lowest BCUT2D eigenvalue weighted by Crippen LogP contribution is -2.42. The Kier molecular flexibility index (Phi) is 4.48. The lowest BCUT2D eigenvalue weighted by atomic mass is 9.99. The summed E-state index contributed by atoms with van der Waals surface area (Å²) >= 11 is 0. The van der Waals surface area contributed by atoms with Crippen molar-refractivity contribution in [3.63, 3.8) is 0 Å². The van der Waals surface area contributed by atoms with Crippen LogP contribution in [0.4, 0.5) is 0 Å². The number of carbonyl (C=O) groups excluding carboxylic acids is 1. The molecule has 1 saturated carbocycles. The van der Waals surface area contributed by atoms with E-state index in [0.717, 1.165) is 5.56 Å². The van der Waals surface area contributed by atoms with Gasteiger partial charge in [-0.1, -0.05) is 36.8 Å². The van der Waals surface area contributed by atoms with Crippen LogP contribution in [0.1, 0.15) is 37.8 Å². The van der Waals surface area contributed by atoms with E-state index in [4.69, 9.17) is 0 Å². The van der Waals surface area contributed by atoms with Crippen molar-refractivity contribution in [3.8, 4) is 0 Å². The van der Waals surface area contributed by atoms with Gasteiger partial charge in [0.1, 0.15) is 0 Å². The molecule has 2 rings (SSSR count). The normalized spacial score (nSPS) is 17.9. The molecular formula is C17H26N2O. The van der Waals surface area contributed by atoms with E-state index in [-0.39, 0.29) is 5.91 Å². The van der Waals surface area contributed by atoms with Gasteiger partial charge in [0.25, 0.3) is 0 Å². The molecule has 0 heterocycles. The highest BCUT2D eigenvalue weighted by Gasteiger charge is 2.44. The smallest absolute Gasteiger partial charge is 0.234 e. The third kappa shape index (κ3) is 3.83. The van der Waals surface area contributed by atoms with E-state index in [2.05, 4.69) is 55.3 Å². The third-order valence-electron chi connectivity index (χ3n) is 4.71. The average molecular weight is 274 g/mol. The number of hydrogen-bond donors (Lipinski definition) is 1. The van der Waals surface area contributed by atoms with Crippen LogP contribution < -0.4 is 5.32 Å². The van der Waals surface area contributed by atoms with E-state index in [1.54, 1.807) is 0 Å². The van der Waals surface area contributed by atoms with Crippen molar-refractivity contribution < 1.29 is 4.79 Å². The number of nitrogens with one attached hydrogen (secondary N) is 1. The van der Waals surface area contributed by atoms with E-state index < -0.39 is 0 Å². The largest absolute Gasteiger partial charge is 0.351 e. The van der Waals surface area contributed by atoms with Crippen LogP contribution in [0.15, 0.2) is 24.3 Å². The SMILES string of the molecule is Cc1ccc(CNC(=O)CN(C)[C@H](C)C2(C)CC2)cc1. The van der Waals surface area contributed by atoms with Gasteiger partial charge in [-0.2, -0.15) is 0 Å². The molecule has 0 unspecified atom stereocenters. The van der Waals surface area contributed by atoms with Crippen molar-refractivity contribution in [1.29, 1.82) is 0 Å². The van der Waals surface area contributed by atoms with Crippen LogP contribution in [-0.4, -0.2) is 30.4 Å². The molecule has 0 saturated heterocycles. The average Bonchev–Trinajstić information content (AvgIpc) is 3.16. The highest BCUT2D eigenvalue weighted by Crippen LogP contribution is 2.49. The summed E-state index contributed by atoms with van der Waals surface area (Å²) in [4.78, 5) is 14.2. The molecular weight excluding hydrogens is 248 g/mol. The highest BCUT2D eigenvalue weighted by atomic mass is 16.2. The van der Waals surface area contributed by atoms with Gasteiger partial charge in [0.05, 0.1) is 6.54 Å². The quantitative estimate of drug-likeness (QED) is 0.865. The van der Waals surface area contributed by atoms with Crippen LogP contribution in [0.2, 0.25) is 0 Å². The Hall–Kier alpha value is -1.35. The first-order chi connectivity index (χ1) is 9.40. The maximum atomic E-state index is 12.0. The Morgan fingerprint density at radius 1 is 1.35 bits per heavy atom. The lowest BCUT2D eigenvalue weighted by molar-refractivity contribution is -0.122. The molecule has 1 atom stereocenters. The molecule has 0 aliphatic heterocycles. The van der Waals surface area contributed by atoms with Gasteiger partial charge in [0.15, 0.2) is 0 Å². The van der Waals surface area contributed by atoms with Gasteiger partial charge >= 0.3 is 0 Å². The first-order valence-corrected chi connectivity index (χ1v) is 7.43. The number of aryl methyl sites for hydroxylation is 1. The van der Waals surface area contributed by atoms with E-state index in [0.29, 0.717) is 24.5 Å². The Balaban J connectivity index is 1.76. The zero-order valence-corrected chi connectivity index (χ0v) is 13.1. The minimum atomic E-state index is 0.101. The second-order valence-electron chi connectivity index (χ2n) is 6.51. The van der Waals surface area contributed by atoms with E-state index in [1.165, 1.54) is 18.4 Å². The molecule has 20 heavy (non-hydrogen) atoms. The zero-order chi connectivity index (χ0) is 14.8. The first-order valence-electron chi connectivity index (χ1n) is 7.43. The lowest BCUT2D eigenvalue weighted by Gasteiger charge is -2.29. The van der Waals surface area contributed by atoms with Crippen LogP contribution in [-0.2, 0) is 11.3 Å². The summed E-state index contributed by atoms with van der Waals surface area (Å²) in [6.07, 6.45) is 2.56. The number of carbonyl (C=O) groups is 1. The van der Waals surface area contributed by atoms with E-state index >= 15 is 0 Å². The summed E-state index contributed by atoms with van der Waals surface area (Å²) in [5.74, 6) is 0.101. The molecule has 1 aliphatic rings. The summed E-state index contributed by atoms with van der Waals surface area (Å²) in [5.41, 5.74) is 2.81. The first kappa shape index (κ1) is 15.0. The van der Waals surface area contributed by atoms with Crippen molar-refractivity contribution in [2.24, 2.45) is 5.41 Å². The van der Waals surface area contributed by atoms with Crippen molar-refractivity contribution in [1.82, 2.24) is 10.2 Å². The maximum absolute atomic E-state index is 12.0. The van der Waals surface area contributed by atoms with E-state index in [1.807, 2.05) is 7.05 Å². The zero-order valence-electron chi connectivity index (χ0n) is 13.1. The number of likely N-dealkylation sites (N-methyl/N-ethyl adjacent to an activating group) is 1. The molecule has 1 amide bonds. The maximum Gasteiger partial charge on any atom is 0.234 e. The Morgan fingerprint density at radius 2 is 1.95 bits per heavy atom. The molecule has 0 bridgehead atoms. The van der Waals surface area contributed by atoms with Gasteiger partial charge < -0.3 is 5.32 Å². The minimum Gasteiger partial charge on any atom is -0.351 e. The third-order valence-corrected chi connectivity index (χ3v) is 4.71. The molecule has 1 fully saturated rings. The van der Waals surface area contributed by atoms with Gasteiger partial charge in [-0.15, -0.1) is 0 Å². The number of nitrogens with zero attached hydrogens (tertiary/aromatic N) is 1. The topological polar surface area (TPSA) is 32.3 Å². The fourth-order valence-corrected chi connectivity index (χ4v) is 2.47. The molecule has 1 aromatic carbocycles. The number of rotatable bonds is 6. The Morgan fingerprint density at radius 3 is 2.50 bits per heavy atom. The molecule has 0 radical (unpaired) electrons. The van der Waals surface area contributed by atoms with Gasteiger partial charge in [-0.25, -0.2) is 0 Å². The Bertz CT molecular complexity index is 462. The van der Waals surface area contributed by atoms with E-state index in [9.17, 15) is 4.79 Å². The van der Waals surface area contributed by atoms with Crippen LogP contribution in [0.25, 0.3) is 0 Å². The predicted molar refractivity (Wildman–Crippen MR) is 82.5 cm³/mol. The van der Waals surface area contributed by atoms with Crippen LogP contribution in [0, 0.1) is 12.3 Å². The summed E-state index contributed by atoms with van der Waals surface area (Å²) < 4.78 is 0. The van der Waals surface area contributed by atoms with Crippen molar-refractivity contribution >= 4 is 5.91 Å². The number of benzene rings is 1. The van der Waals surface area contributed by atoms with Crippen molar-refractivity contribution in [2.45, 2.75) is 46.2 Å². The summed E-state index contributed by atoms with van der Waals surface area (Å²) in [7, 11) is 2.04. The van der Waals surface area contributed by atoms with Crippen molar-refractivity contribution in [2.75, 3.05) is 13.6 Å². The summed E-state index contributed by atoms with van der Waals surface area (Å²) in [6, 6.07) is 8.74. The van der Waals surface area contributed by atoms with Crippen molar-refractivity contribution in [3.05, 3.63) is 35.4 Å². The van der Waals surface area contributed by atoms with Gasteiger partial charge in [0, 0.05) is 12.6 Å². The standard InChI is InChI=1S/C17H26N2O/c1-13-5-7-15(8-6-13)11-18-16(20)12-19(4)14(2)17(3)9-10-17/h5-8,14H,9-12H2,1-4H3,(H,18,20)/t14-/m1/s1. The molecule has 3 heteroatoms. The molecule has 1 aromatic rings. The van der Waals surface area contributed by atoms with Gasteiger partial charge in [0.2, 0.25) is 5.91 Å². The number of amides is 1. The van der Waals surface area contributed by atoms with Crippen LogP contribution >= 0.6 is 0 Å². The minimum absolute atomic E-state index is 0.101. The number of hydrogen-bond acceptors (Lipinski definition) is 2. The molecule has 0 aromatic heterocycles. The molecule has 3 nitrogen and oxygen atoms in total. The predicted octanol–water partition coefficient (Wildman–Crippen LogP) is 2.73. The summed E-state index contributed by atoms with van der Waals surface area (Å²) in [5, 5.41) is 3.00. The fourth-order valence-electron chi connectivity index (χ4n) is 2.47. The van der Waals surface area contributed by atoms with Gasteiger partial charge in [-0.3, -0.25) is 9.69 Å². The van der Waals surface area contributed by atoms with Crippen LogP contribution in [0.3, 0.4) is 0 Å². The molecule has 1 aliphatic carbocycles.